The fourth-order valence-corrected chi connectivity index (χ4v) is 3.44. The third kappa shape index (κ3) is 4.06. The first kappa shape index (κ1) is 16.5. The second-order valence-electron chi connectivity index (χ2n) is 4.53. The van der Waals surface area contributed by atoms with Crippen molar-refractivity contribution < 1.29 is 9.47 Å². The summed E-state index contributed by atoms with van der Waals surface area (Å²) in [6, 6.07) is 11.5. The fourth-order valence-electron chi connectivity index (χ4n) is 2.02. The summed E-state index contributed by atoms with van der Waals surface area (Å²) in [7, 11) is 3.22. The van der Waals surface area contributed by atoms with Gasteiger partial charge in [-0.2, -0.15) is 0 Å². The van der Waals surface area contributed by atoms with Crippen LogP contribution in [0.25, 0.3) is 0 Å². The van der Waals surface area contributed by atoms with Crippen LogP contribution in [-0.4, -0.2) is 14.2 Å². The first-order valence-corrected chi connectivity index (χ1v) is 8.02. The maximum absolute atomic E-state index is 6.30. The van der Waals surface area contributed by atoms with E-state index in [1.165, 1.54) is 5.56 Å². The second-order valence-corrected chi connectivity index (χ2v) is 6.45. The van der Waals surface area contributed by atoms with Crippen molar-refractivity contribution in [2.45, 2.75) is 11.2 Å². The summed E-state index contributed by atoms with van der Waals surface area (Å²) in [6.45, 7) is 0. The zero-order chi connectivity index (χ0) is 15.4. The highest BCUT2D eigenvalue weighted by Gasteiger charge is 2.15. The lowest BCUT2D eigenvalue weighted by Gasteiger charge is -2.14. The molecule has 0 amide bonds. The quantitative estimate of drug-likeness (QED) is 0.611. The van der Waals surface area contributed by atoms with Crippen LogP contribution < -0.4 is 9.47 Å². The normalized spacial score (nSPS) is 12.0. The molecule has 2 aromatic rings. The Morgan fingerprint density at radius 2 is 1.67 bits per heavy atom. The van der Waals surface area contributed by atoms with E-state index in [4.69, 9.17) is 32.7 Å². The van der Waals surface area contributed by atoms with E-state index in [9.17, 15) is 0 Å². The zero-order valence-corrected chi connectivity index (χ0v) is 14.8. The number of ether oxygens (including phenoxy) is 2. The molecule has 0 aliphatic carbocycles. The Morgan fingerprint density at radius 3 is 2.24 bits per heavy atom. The lowest BCUT2D eigenvalue weighted by molar-refractivity contribution is 0.414. The molecule has 21 heavy (non-hydrogen) atoms. The summed E-state index contributed by atoms with van der Waals surface area (Å²) < 4.78 is 10.3. The largest absolute Gasteiger partial charge is 0.497 e. The first-order chi connectivity index (χ1) is 10.0. The van der Waals surface area contributed by atoms with Crippen molar-refractivity contribution in [3.8, 4) is 11.5 Å². The Morgan fingerprint density at radius 1 is 1.00 bits per heavy atom. The van der Waals surface area contributed by atoms with Crippen LogP contribution in [0.2, 0.25) is 10.0 Å². The molecule has 1 unspecified atom stereocenters. The van der Waals surface area contributed by atoms with Crippen molar-refractivity contribution in [2.75, 3.05) is 14.2 Å². The van der Waals surface area contributed by atoms with Gasteiger partial charge in [-0.3, -0.25) is 0 Å². The molecule has 0 spiro atoms. The van der Waals surface area contributed by atoms with Crippen molar-refractivity contribution in [2.24, 2.45) is 0 Å². The average Bonchev–Trinajstić information content (AvgIpc) is 2.49. The molecule has 2 nitrogen and oxygen atoms in total. The molecule has 0 heterocycles. The highest BCUT2D eigenvalue weighted by Crippen LogP contribution is 2.38. The minimum Gasteiger partial charge on any atom is -0.497 e. The first-order valence-electron chi connectivity index (χ1n) is 6.35. The van der Waals surface area contributed by atoms with Crippen LogP contribution in [0.4, 0.5) is 0 Å². The number of benzene rings is 2. The zero-order valence-electron chi connectivity index (χ0n) is 11.7. The molecule has 0 radical (unpaired) electrons. The summed E-state index contributed by atoms with van der Waals surface area (Å²) >= 11 is 16.1. The van der Waals surface area contributed by atoms with E-state index < -0.39 is 0 Å². The number of rotatable bonds is 5. The molecule has 0 fully saturated rings. The maximum atomic E-state index is 6.30. The molecule has 0 saturated carbocycles. The highest BCUT2D eigenvalue weighted by atomic mass is 79.9. The predicted octanol–water partition coefficient (Wildman–Crippen LogP) is 5.69. The van der Waals surface area contributed by atoms with Gasteiger partial charge in [0.1, 0.15) is 11.5 Å². The summed E-state index contributed by atoms with van der Waals surface area (Å²) in [5.41, 5.74) is 2.12. The molecule has 0 bridgehead atoms. The van der Waals surface area contributed by atoms with Gasteiger partial charge in [0.25, 0.3) is 0 Å². The average molecular weight is 390 g/mol. The van der Waals surface area contributed by atoms with Crippen LogP contribution in [0.5, 0.6) is 11.5 Å². The fraction of sp³-hybridized carbons (Fsp3) is 0.250. The molecule has 0 aromatic heterocycles. The van der Waals surface area contributed by atoms with Gasteiger partial charge < -0.3 is 9.47 Å². The molecular weight excluding hydrogens is 375 g/mol. The molecule has 1 atom stereocenters. The summed E-state index contributed by atoms with van der Waals surface area (Å²) in [4.78, 5) is 0.0711. The number of alkyl halides is 1. The van der Waals surface area contributed by atoms with Gasteiger partial charge in [-0.15, -0.1) is 0 Å². The van der Waals surface area contributed by atoms with Crippen LogP contribution >= 0.6 is 39.1 Å². The Labute approximate surface area is 143 Å². The second kappa shape index (κ2) is 7.39. The van der Waals surface area contributed by atoms with Gasteiger partial charge in [0, 0.05) is 15.9 Å². The number of halogens is 3. The van der Waals surface area contributed by atoms with Gasteiger partial charge in [-0.25, -0.2) is 0 Å². The van der Waals surface area contributed by atoms with Crippen LogP contribution in [0.15, 0.2) is 36.4 Å². The number of hydrogen-bond acceptors (Lipinski definition) is 2. The molecule has 0 aliphatic heterocycles. The Kier molecular flexibility index (Phi) is 5.80. The molecule has 0 aliphatic rings. The summed E-state index contributed by atoms with van der Waals surface area (Å²) in [6.07, 6.45) is 0.798. The van der Waals surface area contributed by atoms with Gasteiger partial charge in [0.15, 0.2) is 0 Å². The van der Waals surface area contributed by atoms with Crippen LogP contribution in [0.1, 0.15) is 16.0 Å². The van der Waals surface area contributed by atoms with Gasteiger partial charge in [-0.05, 0) is 35.7 Å². The lowest BCUT2D eigenvalue weighted by atomic mass is 10.0. The molecule has 5 heteroatoms. The van der Waals surface area contributed by atoms with Gasteiger partial charge >= 0.3 is 0 Å². The minimum atomic E-state index is 0.0711. The smallest absolute Gasteiger partial charge is 0.138 e. The maximum Gasteiger partial charge on any atom is 0.138 e. The monoisotopic (exact) mass is 388 g/mol. The lowest BCUT2D eigenvalue weighted by Crippen LogP contribution is -1.98. The Bertz CT molecular complexity index is 614. The standard InChI is InChI=1S/C16H15BrCl2O2/c1-20-11-5-3-10(4-6-11)7-13(17)12-8-15(19)16(21-2)9-14(12)18/h3-6,8-9,13H,7H2,1-2H3. The van der Waals surface area contributed by atoms with Gasteiger partial charge in [-0.1, -0.05) is 51.3 Å². The van der Waals surface area contributed by atoms with Crippen molar-refractivity contribution >= 4 is 39.1 Å². The summed E-state index contributed by atoms with van der Waals surface area (Å²) in [5.74, 6) is 1.42. The Hall–Kier alpha value is -0.900. The molecule has 2 aromatic carbocycles. The molecule has 0 N–H and O–H groups in total. The van der Waals surface area contributed by atoms with E-state index in [-0.39, 0.29) is 4.83 Å². The minimum absolute atomic E-state index is 0.0711. The van der Waals surface area contributed by atoms with E-state index in [0.29, 0.717) is 15.8 Å². The van der Waals surface area contributed by atoms with Gasteiger partial charge in [0.2, 0.25) is 0 Å². The predicted molar refractivity (Wildman–Crippen MR) is 91.4 cm³/mol. The summed E-state index contributed by atoms with van der Waals surface area (Å²) in [5, 5.41) is 1.18. The molecular formula is C16H15BrCl2O2. The van der Waals surface area contributed by atoms with E-state index in [2.05, 4.69) is 15.9 Å². The number of hydrogen-bond donors (Lipinski definition) is 0. The van der Waals surface area contributed by atoms with E-state index in [1.54, 1.807) is 20.3 Å². The van der Waals surface area contributed by atoms with E-state index in [1.807, 2.05) is 30.3 Å². The van der Waals surface area contributed by atoms with Crippen molar-refractivity contribution in [3.05, 3.63) is 57.6 Å². The molecule has 2 rings (SSSR count). The third-order valence-corrected chi connectivity index (χ3v) is 4.62. The molecule has 112 valence electrons. The van der Waals surface area contributed by atoms with Crippen molar-refractivity contribution in [3.63, 3.8) is 0 Å². The van der Waals surface area contributed by atoms with Crippen molar-refractivity contribution in [1.29, 1.82) is 0 Å². The van der Waals surface area contributed by atoms with Crippen LogP contribution in [-0.2, 0) is 6.42 Å². The topological polar surface area (TPSA) is 18.5 Å². The molecule has 0 saturated heterocycles. The van der Waals surface area contributed by atoms with E-state index >= 15 is 0 Å². The highest BCUT2D eigenvalue weighted by molar-refractivity contribution is 9.09. The third-order valence-electron chi connectivity index (χ3n) is 3.18. The number of methoxy groups -OCH3 is 2. The van der Waals surface area contributed by atoms with Gasteiger partial charge in [0.05, 0.1) is 19.2 Å². The van der Waals surface area contributed by atoms with Crippen molar-refractivity contribution in [1.82, 2.24) is 0 Å². The van der Waals surface area contributed by atoms with Crippen LogP contribution in [0, 0.1) is 0 Å². The Balaban J connectivity index is 2.19. The van der Waals surface area contributed by atoms with E-state index in [0.717, 1.165) is 17.7 Å². The SMILES string of the molecule is COc1ccc(CC(Br)c2cc(Cl)c(OC)cc2Cl)cc1. The van der Waals surface area contributed by atoms with Crippen LogP contribution in [0.3, 0.4) is 0 Å².